The number of phenolic OH excluding ortho intramolecular Hbond substituents is 13. The highest BCUT2D eigenvalue weighted by Gasteiger charge is 2.41. The molecule has 0 bridgehead atoms. The van der Waals surface area contributed by atoms with E-state index in [9.17, 15) is 115 Å². The van der Waals surface area contributed by atoms with Crippen molar-refractivity contribution in [2.75, 3.05) is 0 Å². The van der Waals surface area contributed by atoms with Gasteiger partial charge in [-0.25, -0.2) is 4.79 Å². The highest BCUT2D eigenvalue weighted by molar-refractivity contribution is 6.02. The zero-order valence-corrected chi connectivity index (χ0v) is 70.6. The van der Waals surface area contributed by atoms with E-state index in [0.29, 0.717) is 5.56 Å². The maximum atomic E-state index is 15.3. The van der Waals surface area contributed by atoms with Crippen molar-refractivity contribution >= 4 is 82.8 Å². The zero-order chi connectivity index (χ0) is 97.0. The number of carboxylic acid groups (broad SMARTS) is 2. The third kappa shape index (κ3) is 27.0. The van der Waals surface area contributed by atoms with E-state index in [1.54, 1.807) is 18.2 Å². The highest BCUT2D eigenvalue weighted by atomic mass is 16.4. The summed E-state index contributed by atoms with van der Waals surface area (Å²) in [6, 6.07) is 9.92. The summed E-state index contributed by atoms with van der Waals surface area (Å²) < 4.78 is 0. The molecule has 12 amide bonds. The Morgan fingerprint density at radius 1 is 0.250 bits per heavy atom. The van der Waals surface area contributed by atoms with Crippen LogP contribution in [0.4, 0.5) is 0 Å². The molecule has 0 aromatic heterocycles. The minimum absolute atomic E-state index is 0.128. The number of aliphatic carboxylic acids is 2. The van der Waals surface area contributed by atoms with Crippen LogP contribution in [0, 0.1) is 11.8 Å². The van der Waals surface area contributed by atoms with Gasteiger partial charge in [0.25, 0.3) is 0 Å². The molecule has 0 aliphatic carbocycles. The average molecular weight is 1820 g/mol. The summed E-state index contributed by atoms with van der Waals surface area (Å²) in [5, 5.41) is 186. The Hall–Kier alpha value is -17.1. The number of hydrogen-bond acceptors (Lipinski definition) is 28. The number of rotatable bonds is 39. The summed E-state index contributed by atoms with van der Waals surface area (Å²) >= 11 is 0. The fourth-order valence-corrected chi connectivity index (χ4v) is 13.7. The number of benzene rings is 9. The SMILES string of the molecule is CC(C)[C@H](NC(=O)[C@H](NC(=O)[C@H](C)NC(=O)[C@H](NC(=O)[C@@H](NC(=O)[C@H](NC(=O)[C@@H](NC(=O)[C@H](NC(=O)[C@H](N)c1ccc(O)cc1)c1cc(O)cc(O)c1)C(C)C)c1cc(O)cc(O)c1)c1ccc(O)cc1)c1cc(O)cc(O)c1)c1cc(O)cc(O)c1)C(=O)N[C@@H](C(=O)N[C@H](C(=O)N[C@@H](Cc1ccccc1)C(=O)N[C@@H](CC(=O)O)C(=O)O)c1ccc(O)cc1)c1cc(O)cc(O)c1. The smallest absolute Gasteiger partial charge is 0.326 e. The van der Waals surface area contributed by atoms with Crippen LogP contribution >= 0.6 is 0 Å². The van der Waals surface area contributed by atoms with Gasteiger partial charge in [-0.05, 0) is 166 Å². The van der Waals surface area contributed by atoms with Gasteiger partial charge in [0.1, 0.15) is 153 Å². The molecule has 132 heavy (non-hydrogen) atoms. The van der Waals surface area contributed by atoms with E-state index in [1.807, 2.05) is 0 Å². The summed E-state index contributed by atoms with van der Waals surface area (Å²) in [6.07, 6.45) is -1.47. The van der Waals surface area contributed by atoms with Gasteiger partial charge < -0.3 is 146 Å². The predicted molar refractivity (Wildman–Crippen MR) is 461 cm³/mol. The van der Waals surface area contributed by atoms with Crippen molar-refractivity contribution in [1.29, 1.82) is 0 Å². The van der Waals surface area contributed by atoms with Crippen molar-refractivity contribution in [3.05, 3.63) is 244 Å². The van der Waals surface area contributed by atoms with Crippen molar-refractivity contribution < 1.29 is 144 Å². The number of phenols is 13. The molecule has 0 aliphatic heterocycles. The van der Waals surface area contributed by atoms with Crippen LogP contribution in [0.5, 0.6) is 74.7 Å². The fourth-order valence-electron chi connectivity index (χ4n) is 13.7. The molecule has 9 rings (SSSR count). The van der Waals surface area contributed by atoms with Crippen LogP contribution in [-0.4, -0.2) is 190 Å². The number of nitrogens with one attached hydrogen (secondary N) is 12. The van der Waals surface area contributed by atoms with Gasteiger partial charge in [0.15, 0.2) is 0 Å². The first-order valence-electron chi connectivity index (χ1n) is 40.2. The molecule has 0 radical (unpaired) electrons. The van der Waals surface area contributed by atoms with Crippen LogP contribution < -0.4 is 69.5 Å². The van der Waals surface area contributed by atoms with Crippen molar-refractivity contribution in [1.82, 2.24) is 63.8 Å². The molecule has 0 aliphatic rings. The molecule has 29 N–H and O–H groups in total. The number of nitrogens with two attached hydrogens (primary N) is 1. The van der Waals surface area contributed by atoms with Gasteiger partial charge >= 0.3 is 11.9 Å². The second-order valence-electron chi connectivity index (χ2n) is 31.2. The quantitative estimate of drug-likeness (QED) is 0.0263. The number of carbonyl (C=O) groups excluding carboxylic acids is 12. The Labute approximate surface area is 749 Å². The molecule has 9 aromatic carbocycles. The zero-order valence-electron chi connectivity index (χ0n) is 70.6. The van der Waals surface area contributed by atoms with Crippen LogP contribution in [0.1, 0.15) is 139 Å². The maximum Gasteiger partial charge on any atom is 0.326 e. The number of aromatic hydroxyl groups is 13. The lowest BCUT2D eigenvalue weighted by Gasteiger charge is -2.30. The Balaban J connectivity index is 0.982. The first-order chi connectivity index (χ1) is 62.3. The van der Waals surface area contributed by atoms with Crippen LogP contribution in [-0.2, 0) is 73.5 Å². The molecule has 13 atom stereocenters. The van der Waals surface area contributed by atoms with Gasteiger partial charge in [-0.1, -0.05) is 94.4 Å². The molecule has 0 spiro atoms. The lowest BCUT2D eigenvalue weighted by molar-refractivity contribution is -0.147. The van der Waals surface area contributed by atoms with Crippen LogP contribution in [0.15, 0.2) is 194 Å². The van der Waals surface area contributed by atoms with Crippen molar-refractivity contribution in [3.63, 3.8) is 0 Å². The number of hydrogen-bond donors (Lipinski definition) is 28. The Bertz CT molecular complexity index is 5710. The minimum Gasteiger partial charge on any atom is -0.508 e. The molecule has 0 saturated carbocycles. The number of amides is 12. The largest absolute Gasteiger partial charge is 0.508 e. The molecule has 42 heteroatoms. The van der Waals surface area contributed by atoms with E-state index in [1.165, 1.54) is 64.1 Å². The third-order valence-electron chi connectivity index (χ3n) is 20.3. The molecular formula is C90H95N13O29. The van der Waals surface area contributed by atoms with Crippen LogP contribution in [0.25, 0.3) is 0 Å². The summed E-state index contributed by atoms with van der Waals surface area (Å²) in [5.74, 6) is -28.4. The van der Waals surface area contributed by atoms with E-state index in [0.717, 1.165) is 146 Å². The summed E-state index contributed by atoms with van der Waals surface area (Å²) in [6.45, 7) is 6.67. The molecule has 0 saturated heterocycles. The van der Waals surface area contributed by atoms with Gasteiger partial charge in [-0.2, -0.15) is 0 Å². The third-order valence-corrected chi connectivity index (χ3v) is 20.3. The lowest BCUT2D eigenvalue weighted by Crippen LogP contribution is -2.57. The van der Waals surface area contributed by atoms with Gasteiger partial charge in [0.05, 0.1) is 6.42 Å². The van der Waals surface area contributed by atoms with Gasteiger partial charge in [-0.3, -0.25) is 62.3 Å². The molecule has 0 heterocycles. The summed E-state index contributed by atoms with van der Waals surface area (Å²) in [5.41, 5.74) is 4.50. The molecule has 0 fully saturated rings. The molecule has 694 valence electrons. The Kier molecular flexibility index (Phi) is 32.8. The fraction of sp³-hybridized carbons (Fsp3) is 0.244. The van der Waals surface area contributed by atoms with Gasteiger partial charge in [0.2, 0.25) is 70.9 Å². The van der Waals surface area contributed by atoms with E-state index in [-0.39, 0.29) is 40.2 Å². The minimum atomic E-state index is -2.20. The first kappa shape index (κ1) is 98.7. The summed E-state index contributed by atoms with van der Waals surface area (Å²) in [4.78, 5) is 201. The monoisotopic (exact) mass is 1820 g/mol. The Morgan fingerprint density at radius 2 is 0.500 bits per heavy atom. The van der Waals surface area contributed by atoms with Crippen molar-refractivity contribution in [2.45, 2.75) is 126 Å². The molecular weight excluding hydrogens is 1730 g/mol. The predicted octanol–water partition coefficient (Wildman–Crippen LogP) is 2.42. The Morgan fingerprint density at radius 3 is 0.795 bits per heavy atom. The van der Waals surface area contributed by atoms with Crippen molar-refractivity contribution in [2.24, 2.45) is 17.6 Å². The van der Waals surface area contributed by atoms with Gasteiger partial charge in [-0.15, -0.1) is 0 Å². The normalized spacial score (nSPS) is 14.1. The molecule has 42 nitrogen and oxygen atoms in total. The van der Waals surface area contributed by atoms with E-state index < -0.39 is 265 Å². The lowest BCUT2D eigenvalue weighted by atomic mass is 9.98. The van der Waals surface area contributed by atoms with E-state index in [2.05, 4.69) is 63.8 Å². The van der Waals surface area contributed by atoms with E-state index in [4.69, 9.17) is 5.73 Å². The summed E-state index contributed by atoms with van der Waals surface area (Å²) in [7, 11) is 0. The maximum absolute atomic E-state index is 15.3. The van der Waals surface area contributed by atoms with Crippen molar-refractivity contribution in [3.8, 4) is 74.7 Å². The van der Waals surface area contributed by atoms with Crippen LogP contribution in [0.2, 0.25) is 0 Å². The topological polar surface area (TPSA) is 713 Å². The second kappa shape index (κ2) is 43.9. The second-order valence-corrected chi connectivity index (χ2v) is 31.2. The van der Waals surface area contributed by atoms with Gasteiger partial charge in [0, 0.05) is 36.8 Å². The standard InChI is InChI=1S/C90H95N13O29/c1-40(2)69(81(122)101-76(50-30-61(113)37-62(114)31-50)88(129)99-71(45-13-19-53(105)20-14-45)84(125)93-65(23-43-9-7-6-8-10-43)79(120)94-66(90(131)132)39-67(117)118)95-86(127)74(48-26-57(109)35-58(110)27-48)97-78(119)42(5)92-83(124)73(47-24-55(107)34-56(108)25-47)103-85(126)72(46-15-21-54(106)22-16-46)100-89(130)77(51-32-63(115)38-64(116)33-51)102-82(123)70(41(3)4)96-87(128)75(49-28-59(111)36-60(112)29-49)98-80(121)68(91)44-11-17-52(104)18-12-44/h6-22,24-38,40-42,65-66,68-77,104-116H,23,39,91H2,1-5H3,(H,92,124)(H,93,125)(H,94,120)(H,95,127)(H,96,128)(H,97,119)(H,98,121)(H,99,129)(H,100,130)(H,101,122)(H,102,123)(H,103,126)(H,117,118)(H,131,132)/t42-,65-,66-,68+,69-,70-,71-,72-,73+,74+,75+,76+,77+/m0/s1. The van der Waals surface area contributed by atoms with Crippen LogP contribution in [0.3, 0.4) is 0 Å². The van der Waals surface area contributed by atoms with E-state index >= 15 is 28.8 Å². The first-order valence-corrected chi connectivity index (χ1v) is 40.2. The average Bonchev–Trinajstić information content (AvgIpc) is 0.808. The molecule has 9 aromatic rings. The number of carbonyl (C=O) groups is 14. The number of carboxylic acids is 2. The molecule has 0 unspecified atom stereocenters. The highest BCUT2D eigenvalue weighted by Crippen LogP contribution is 2.34.